The smallest absolute Gasteiger partial charge is 0.323 e. The summed E-state index contributed by atoms with van der Waals surface area (Å²) in [6.07, 6.45) is 0.162. The SMILES string of the molecule is COC(=O)C(Cc1ccc(O)cc1)N[C@H]1CC(=O)N[C@H]1CC(=O)O. The van der Waals surface area contributed by atoms with Gasteiger partial charge in [-0.15, -0.1) is 0 Å². The lowest BCUT2D eigenvalue weighted by Crippen LogP contribution is -2.50. The molecule has 0 aliphatic carbocycles. The Morgan fingerprint density at radius 1 is 1.38 bits per heavy atom. The van der Waals surface area contributed by atoms with Gasteiger partial charge in [0.05, 0.1) is 19.6 Å². The van der Waals surface area contributed by atoms with Crippen LogP contribution in [0.3, 0.4) is 0 Å². The summed E-state index contributed by atoms with van der Waals surface area (Å²) in [5, 5.41) is 23.9. The Balaban J connectivity index is 2.09. The van der Waals surface area contributed by atoms with E-state index < -0.39 is 30.1 Å². The highest BCUT2D eigenvalue weighted by Crippen LogP contribution is 2.16. The summed E-state index contributed by atoms with van der Waals surface area (Å²) >= 11 is 0. The van der Waals surface area contributed by atoms with Crippen LogP contribution in [0, 0.1) is 0 Å². The number of nitrogens with one attached hydrogen (secondary N) is 2. The van der Waals surface area contributed by atoms with Gasteiger partial charge < -0.3 is 20.3 Å². The van der Waals surface area contributed by atoms with Gasteiger partial charge in [0, 0.05) is 12.5 Å². The van der Waals surface area contributed by atoms with Gasteiger partial charge in [0.2, 0.25) is 5.91 Å². The molecule has 3 atom stereocenters. The van der Waals surface area contributed by atoms with Gasteiger partial charge in [-0.25, -0.2) is 0 Å². The van der Waals surface area contributed by atoms with Gasteiger partial charge in [0.15, 0.2) is 0 Å². The van der Waals surface area contributed by atoms with Gasteiger partial charge in [-0.3, -0.25) is 19.7 Å². The van der Waals surface area contributed by atoms with Gasteiger partial charge in [-0.2, -0.15) is 0 Å². The lowest BCUT2D eigenvalue weighted by Gasteiger charge is -2.24. The highest BCUT2D eigenvalue weighted by atomic mass is 16.5. The van der Waals surface area contributed by atoms with Crippen molar-refractivity contribution in [3.05, 3.63) is 29.8 Å². The molecular weight excluding hydrogens is 316 g/mol. The molecule has 1 unspecified atom stereocenters. The van der Waals surface area contributed by atoms with Crippen molar-refractivity contribution in [1.82, 2.24) is 10.6 Å². The number of aromatic hydroxyl groups is 1. The summed E-state index contributed by atoms with van der Waals surface area (Å²) in [5.74, 6) is -1.67. The van der Waals surface area contributed by atoms with Crippen LogP contribution in [0.5, 0.6) is 5.75 Å². The van der Waals surface area contributed by atoms with E-state index in [1.807, 2.05) is 0 Å². The number of aliphatic carboxylic acids is 1. The average Bonchev–Trinajstić information content (AvgIpc) is 2.86. The van der Waals surface area contributed by atoms with Crippen LogP contribution in [0.25, 0.3) is 0 Å². The van der Waals surface area contributed by atoms with Crippen LogP contribution < -0.4 is 10.6 Å². The molecule has 8 heteroatoms. The summed E-state index contributed by atoms with van der Waals surface area (Å²) in [5.41, 5.74) is 0.794. The Morgan fingerprint density at radius 3 is 2.62 bits per heavy atom. The Morgan fingerprint density at radius 2 is 2.04 bits per heavy atom. The van der Waals surface area contributed by atoms with Crippen LogP contribution in [0.15, 0.2) is 24.3 Å². The molecule has 1 saturated heterocycles. The lowest BCUT2D eigenvalue weighted by molar-refractivity contribution is -0.143. The first-order valence-corrected chi connectivity index (χ1v) is 7.52. The molecule has 1 heterocycles. The standard InChI is InChI=1S/C16H20N2O6/c1-24-16(23)13(6-9-2-4-10(19)5-3-9)17-11-7-14(20)18-12(11)8-15(21)22/h2-5,11-13,17,19H,6-8H2,1H3,(H,18,20)(H,21,22)/t11-,12-,13?/m0/s1. The fourth-order valence-corrected chi connectivity index (χ4v) is 2.74. The van der Waals surface area contributed by atoms with Gasteiger partial charge in [0.25, 0.3) is 0 Å². The number of benzene rings is 1. The molecule has 0 aromatic heterocycles. The molecule has 130 valence electrons. The number of phenols is 1. The van der Waals surface area contributed by atoms with Crippen LogP contribution in [0.1, 0.15) is 18.4 Å². The van der Waals surface area contributed by atoms with E-state index in [-0.39, 0.29) is 30.9 Å². The largest absolute Gasteiger partial charge is 0.508 e. The molecule has 1 aromatic carbocycles. The zero-order valence-corrected chi connectivity index (χ0v) is 13.2. The molecular formula is C16H20N2O6. The van der Waals surface area contributed by atoms with Crippen molar-refractivity contribution < 1.29 is 29.3 Å². The van der Waals surface area contributed by atoms with E-state index in [1.54, 1.807) is 12.1 Å². The van der Waals surface area contributed by atoms with Crippen LogP contribution in [0.4, 0.5) is 0 Å². The Labute approximate surface area is 138 Å². The van der Waals surface area contributed by atoms with Gasteiger partial charge >= 0.3 is 11.9 Å². The Bertz CT molecular complexity index is 615. The monoisotopic (exact) mass is 336 g/mol. The number of phenolic OH excluding ortho intramolecular Hbond substituents is 1. The van der Waals surface area contributed by atoms with Gasteiger partial charge in [0.1, 0.15) is 11.8 Å². The predicted molar refractivity (Wildman–Crippen MR) is 83.3 cm³/mol. The van der Waals surface area contributed by atoms with Crippen molar-refractivity contribution in [2.45, 2.75) is 37.4 Å². The minimum Gasteiger partial charge on any atom is -0.508 e. The molecule has 1 fully saturated rings. The summed E-state index contributed by atoms with van der Waals surface area (Å²) in [7, 11) is 1.26. The minimum absolute atomic E-state index is 0.0982. The van der Waals surface area contributed by atoms with E-state index >= 15 is 0 Å². The first-order valence-electron chi connectivity index (χ1n) is 7.52. The molecule has 1 aliphatic heterocycles. The van der Waals surface area contributed by atoms with Gasteiger partial charge in [-0.1, -0.05) is 12.1 Å². The zero-order valence-electron chi connectivity index (χ0n) is 13.2. The quantitative estimate of drug-likeness (QED) is 0.508. The maximum absolute atomic E-state index is 12.0. The lowest BCUT2D eigenvalue weighted by atomic mass is 10.0. The van der Waals surface area contributed by atoms with Crippen molar-refractivity contribution in [2.24, 2.45) is 0 Å². The second-order valence-electron chi connectivity index (χ2n) is 5.70. The molecule has 0 saturated carbocycles. The average molecular weight is 336 g/mol. The first-order chi connectivity index (χ1) is 11.4. The summed E-state index contributed by atoms with van der Waals surface area (Å²) in [6, 6.07) is 4.60. The first kappa shape index (κ1) is 17.7. The second-order valence-corrected chi connectivity index (χ2v) is 5.70. The topological polar surface area (TPSA) is 125 Å². The maximum Gasteiger partial charge on any atom is 0.323 e. The van der Waals surface area contributed by atoms with Crippen molar-refractivity contribution in [2.75, 3.05) is 7.11 Å². The van der Waals surface area contributed by atoms with Crippen molar-refractivity contribution in [3.63, 3.8) is 0 Å². The van der Waals surface area contributed by atoms with E-state index in [0.29, 0.717) is 0 Å². The van der Waals surface area contributed by atoms with Crippen molar-refractivity contribution in [1.29, 1.82) is 0 Å². The Hall–Kier alpha value is -2.61. The minimum atomic E-state index is -1.03. The van der Waals surface area contributed by atoms with Gasteiger partial charge in [-0.05, 0) is 24.1 Å². The van der Waals surface area contributed by atoms with Crippen LogP contribution in [0.2, 0.25) is 0 Å². The highest BCUT2D eigenvalue weighted by molar-refractivity contribution is 5.82. The number of carboxylic acid groups (broad SMARTS) is 1. The van der Waals surface area contributed by atoms with E-state index in [1.165, 1.54) is 19.2 Å². The number of carboxylic acids is 1. The summed E-state index contributed by atoms with van der Waals surface area (Å²) in [4.78, 5) is 34.5. The van der Waals surface area contributed by atoms with Crippen LogP contribution in [-0.2, 0) is 25.5 Å². The van der Waals surface area contributed by atoms with Crippen LogP contribution >= 0.6 is 0 Å². The van der Waals surface area contributed by atoms with E-state index in [2.05, 4.69) is 10.6 Å². The maximum atomic E-state index is 12.0. The summed E-state index contributed by atoms with van der Waals surface area (Å²) < 4.78 is 4.79. The third-order valence-electron chi connectivity index (χ3n) is 3.91. The summed E-state index contributed by atoms with van der Waals surface area (Å²) in [6.45, 7) is 0. The van der Waals surface area contributed by atoms with Crippen molar-refractivity contribution in [3.8, 4) is 5.75 Å². The third kappa shape index (κ3) is 4.69. The molecule has 1 aromatic rings. The highest BCUT2D eigenvalue weighted by Gasteiger charge is 2.36. The number of rotatable bonds is 7. The second kappa shape index (κ2) is 7.78. The number of hydrogen-bond acceptors (Lipinski definition) is 6. The number of carbonyl (C=O) groups is 3. The molecule has 8 nitrogen and oxygen atoms in total. The molecule has 2 rings (SSSR count). The normalized spacial score (nSPS) is 21.1. The molecule has 1 amide bonds. The zero-order chi connectivity index (χ0) is 17.7. The van der Waals surface area contributed by atoms with E-state index in [4.69, 9.17) is 9.84 Å². The predicted octanol–water partition coefficient (Wildman–Crippen LogP) is -0.202. The van der Waals surface area contributed by atoms with E-state index in [0.717, 1.165) is 5.56 Å². The van der Waals surface area contributed by atoms with Crippen molar-refractivity contribution >= 4 is 17.8 Å². The molecule has 0 radical (unpaired) electrons. The number of ether oxygens (including phenoxy) is 1. The fourth-order valence-electron chi connectivity index (χ4n) is 2.74. The number of esters is 1. The number of amides is 1. The molecule has 1 aliphatic rings. The molecule has 0 spiro atoms. The van der Waals surface area contributed by atoms with Crippen LogP contribution in [-0.4, -0.2) is 53.3 Å². The molecule has 4 N–H and O–H groups in total. The fraction of sp³-hybridized carbons (Fsp3) is 0.438. The Kier molecular flexibility index (Phi) is 5.75. The number of hydrogen-bond donors (Lipinski definition) is 4. The third-order valence-corrected chi connectivity index (χ3v) is 3.91. The number of methoxy groups -OCH3 is 1. The molecule has 24 heavy (non-hydrogen) atoms. The van der Waals surface area contributed by atoms with E-state index in [9.17, 15) is 19.5 Å². The molecule has 0 bridgehead atoms. The number of carbonyl (C=O) groups excluding carboxylic acids is 2.